The lowest BCUT2D eigenvalue weighted by Gasteiger charge is -2.14. The first-order valence-corrected chi connectivity index (χ1v) is 6.85. The Morgan fingerprint density at radius 1 is 1.45 bits per heavy atom. The van der Waals surface area contributed by atoms with E-state index >= 15 is 0 Å². The summed E-state index contributed by atoms with van der Waals surface area (Å²) >= 11 is 6.19. The maximum atomic E-state index is 12.1. The Morgan fingerprint density at radius 3 is 2.85 bits per heavy atom. The molecule has 20 heavy (non-hydrogen) atoms. The summed E-state index contributed by atoms with van der Waals surface area (Å²) in [5.74, 6) is 1.31. The molecule has 1 unspecified atom stereocenters. The summed E-state index contributed by atoms with van der Waals surface area (Å²) < 4.78 is 5.28. The van der Waals surface area contributed by atoms with Gasteiger partial charge in [0.1, 0.15) is 11.8 Å². The van der Waals surface area contributed by atoms with Crippen LogP contribution < -0.4 is 15.4 Å². The number of benzene rings is 1. The molecule has 1 atom stereocenters. The van der Waals surface area contributed by atoms with E-state index in [-0.39, 0.29) is 5.91 Å². The third-order valence-electron chi connectivity index (χ3n) is 2.92. The monoisotopic (exact) mass is 295 g/mol. The number of carbonyl (C=O) groups excluding carboxylic acids is 1. The highest BCUT2D eigenvalue weighted by Crippen LogP contribution is 2.33. The molecule has 0 bridgehead atoms. The molecular formula is C14H18ClN3O2. The zero-order chi connectivity index (χ0) is 14.7. The van der Waals surface area contributed by atoms with Gasteiger partial charge in [0.05, 0.1) is 12.1 Å². The van der Waals surface area contributed by atoms with Crippen LogP contribution in [0.2, 0.25) is 5.02 Å². The molecule has 0 spiro atoms. The summed E-state index contributed by atoms with van der Waals surface area (Å²) in [6.45, 7) is 4.78. The first-order valence-electron chi connectivity index (χ1n) is 6.47. The first kappa shape index (κ1) is 14.7. The van der Waals surface area contributed by atoms with Crippen LogP contribution in [0.3, 0.4) is 0 Å². The van der Waals surface area contributed by atoms with Crippen LogP contribution in [-0.4, -0.2) is 25.5 Å². The summed E-state index contributed by atoms with van der Waals surface area (Å²) in [4.78, 5) is 16.4. The third kappa shape index (κ3) is 3.04. The van der Waals surface area contributed by atoms with Crippen molar-refractivity contribution in [2.45, 2.75) is 19.9 Å². The second kappa shape index (κ2) is 6.13. The van der Waals surface area contributed by atoms with Crippen LogP contribution in [0.1, 0.15) is 25.5 Å². The Balaban J connectivity index is 2.26. The quantitative estimate of drug-likeness (QED) is 0.894. The average Bonchev–Trinajstić information content (AvgIpc) is 2.77. The number of amides is 1. The van der Waals surface area contributed by atoms with Crippen LogP contribution in [-0.2, 0) is 4.79 Å². The minimum atomic E-state index is -0.579. The van der Waals surface area contributed by atoms with Crippen molar-refractivity contribution in [1.82, 2.24) is 10.6 Å². The number of nitrogens with zero attached hydrogens (tertiary/aromatic N) is 1. The number of ether oxygens (including phenoxy) is 1. The second-order valence-corrected chi connectivity index (χ2v) is 5.41. The number of aliphatic imine (C=N–C) groups is 1. The van der Waals surface area contributed by atoms with Crippen molar-refractivity contribution < 1.29 is 9.53 Å². The van der Waals surface area contributed by atoms with E-state index in [1.165, 1.54) is 0 Å². The molecule has 108 valence electrons. The molecule has 0 aliphatic carbocycles. The van der Waals surface area contributed by atoms with Crippen LogP contribution in [0, 0.1) is 5.92 Å². The number of guanidine groups is 1. The maximum Gasteiger partial charge on any atom is 0.254 e. The number of halogens is 1. The maximum absolute atomic E-state index is 12.1. The van der Waals surface area contributed by atoms with Gasteiger partial charge in [-0.25, -0.2) is 0 Å². The van der Waals surface area contributed by atoms with E-state index < -0.39 is 6.04 Å². The summed E-state index contributed by atoms with van der Waals surface area (Å²) in [5.41, 5.74) is 0.629. The molecule has 2 rings (SSSR count). The fourth-order valence-electron chi connectivity index (χ4n) is 1.96. The molecule has 0 saturated carbocycles. The summed E-state index contributed by atoms with van der Waals surface area (Å²) in [5, 5.41) is 6.26. The van der Waals surface area contributed by atoms with Crippen LogP contribution >= 0.6 is 11.6 Å². The largest absolute Gasteiger partial charge is 0.496 e. The van der Waals surface area contributed by atoms with Gasteiger partial charge in [-0.2, -0.15) is 0 Å². The molecule has 5 nitrogen and oxygen atoms in total. The molecule has 1 aromatic rings. The molecular weight excluding hydrogens is 278 g/mol. The molecule has 0 radical (unpaired) electrons. The van der Waals surface area contributed by atoms with Gasteiger partial charge in [-0.3, -0.25) is 15.1 Å². The van der Waals surface area contributed by atoms with Crippen molar-refractivity contribution >= 4 is 23.5 Å². The summed E-state index contributed by atoms with van der Waals surface area (Å²) in [6, 6.07) is 4.71. The van der Waals surface area contributed by atoms with E-state index in [4.69, 9.17) is 16.3 Å². The molecule has 0 aromatic heterocycles. The molecule has 1 heterocycles. The first-order chi connectivity index (χ1) is 9.52. The Morgan fingerprint density at radius 2 is 2.20 bits per heavy atom. The SMILES string of the molecule is COc1cccc(Cl)c1C1NC(=NCC(C)C)NC1=O. The van der Waals surface area contributed by atoms with Gasteiger partial charge in [0.2, 0.25) is 0 Å². The number of nitrogens with one attached hydrogen (secondary N) is 2. The lowest BCUT2D eigenvalue weighted by molar-refractivity contribution is -0.120. The van der Waals surface area contributed by atoms with Crippen molar-refractivity contribution in [2.75, 3.05) is 13.7 Å². The minimum Gasteiger partial charge on any atom is -0.496 e. The molecule has 1 aliphatic rings. The smallest absolute Gasteiger partial charge is 0.254 e. The van der Waals surface area contributed by atoms with Gasteiger partial charge in [-0.1, -0.05) is 31.5 Å². The third-order valence-corrected chi connectivity index (χ3v) is 3.25. The highest BCUT2D eigenvalue weighted by Gasteiger charge is 2.33. The molecule has 1 aromatic carbocycles. The Labute approximate surface area is 123 Å². The Kier molecular flexibility index (Phi) is 4.49. The summed E-state index contributed by atoms with van der Waals surface area (Å²) in [7, 11) is 1.55. The highest BCUT2D eigenvalue weighted by atomic mass is 35.5. The minimum absolute atomic E-state index is 0.182. The van der Waals surface area contributed by atoms with E-state index in [1.807, 2.05) is 0 Å². The fourth-order valence-corrected chi connectivity index (χ4v) is 2.24. The van der Waals surface area contributed by atoms with E-state index in [9.17, 15) is 4.79 Å². The predicted octanol–water partition coefficient (Wildman–Crippen LogP) is 2.12. The average molecular weight is 296 g/mol. The van der Waals surface area contributed by atoms with E-state index in [1.54, 1.807) is 25.3 Å². The molecule has 1 fully saturated rings. The van der Waals surface area contributed by atoms with Crippen molar-refractivity contribution in [3.63, 3.8) is 0 Å². The molecule has 6 heteroatoms. The van der Waals surface area contributed by atoms with Crippen molar-refractivity contribution in [3.8, 4) is 5.75 Å². The van der Waals surface area contributed by atoms with Crippen LogP contribution in [0.15, 0.2) is 23.2 Å². The van der Waals surface area contributed by atoms with E-state index in [0.29, 0.717) is 34.8 Å². The van der Waals surface area contributed by atoms with Gasteiger partial charge >= 0.3 is 0 Å². The number of hydrogen-bond donors (Lipinski definition) is 2. The van der Waals surface area contributed by atoms with Gasteiger partial charge in [-0.15, -0.1) is 0 Å². The normalized spacial score (nSPS) is 20.1. The predicted molar refractivity (Wildman–Crippen MR) is 79.2 cm³/mol. The van der Waals surface area contributed by atoms with Crippen LogP contribution in [0.4, 0.5) is 0 Å². The second-order valence-electron chi connectivity index (χ2n) is 5.01. The summed E-state index contributed by atoms with van der Waals surface area (Å²) in [6.07, 6.45) is 0. The van der Waals surface area contributed by atoms with Crippen molar-refractivity contribution in [1.29, 1.82) is 0 Å². The Hall–Kier alpha value is -1.75. The molecule has 1 aliphatic heterocycles. The van der Waals surface area contributed by atoms with Gasteiger partial charge in [0.15, 0.2) is 5.96 Å². The van der Waals surface area contributed by atoms with Gasteiger partial charge < -0.3 is 10.1 Å². The van der Waals surface area contributed by atoms with E-state index in [2.05, 4.69) is 29.5 Å². The number of rotatable bonds is 4. The standard InChI is InChI=1S/C14H18ClN3O2/c1-8(2)7-16-14-17-12(13(19)18-14)11-9(15)5-4-6-10(11)20-3/h4-6,8,12H,7H2,1-3H3,(H2,16,17,18,19). The van der Waals surface area contributed by atoms with E-state index in [0.717, 1.165) is 0 Å². The van der Waals surface area contributed by atoms with Gasteiger partial charge in [-0.05, 0) is 18.1 Å². The zero-order valence-corrected chi connectivity index (χ0v) is 12.5. The zero-order valence-electron chi connectivity index (χ0n) is 11.7. The van der Waals surface area contributed by atoms with Gasteiger partial charge in [0, 0.05) is 12.1 Å². The van der Waals surface area contributed by atoms with Crippen LogP contribution in [0.5, 0.6) is 5.75 Å². The molecule has 1 amide bonds. The van der Waals surface area contributed by atoms with Crippen molar-refractivity contribution in [3.05, 3.63) is 28.8 Å². The highest BCUT2D eigenvalue weighted by molar-refractivity contribution is 6.32. The molecule has 2 N–H and O–H groups in total. The lowest BCUT2D eigenvalue weighted by atomic mass is 10.1. The van der Waals surface area contributed by atoms with Gasteiger partial charge in [0.25, 0.3) is 5.91 Å². The number of carbonyl (C=O) groups is 1. The molecule has 1 saturated heterocycles. The Bertz CT molecular complexity index is 543. The van der Waals surface area contributed by atoms with Crippen LogP contribution in [0.25, 0.3) is 0 Å². The fraction of sp³-hybridized carbons (Fsp3) is 0.429. The lowest BCUT2D eigenvalue weighted by Crippen LogP contribution is -2.26. The van der Waals surface area contributed by atoms with Crippen molar-refractivity contribution in [2.24, 2.45) is 10.9 Å². The topological polar surface area (TPSA) is 62.7 Å². The number of methoxy groups -OCH3 is 1. The number of hydrogen-bond acceptors (Lipinski definition) is 3.